The quantitative estimate of drug-likeness (QED) is 0.616. The Bertz CT molecular complexity index is 77.3. The second-order valence-electron chi connectivity index (χ2n) is 1.02. The molecule has 0 bridgehead atoms. The Hall–Kier alpha value is 0.330. The standard InChI is InChI=1S/C3H5NOS.BrH/c5-4-1-2-6-3-4;/h1-2,5H,3H2;1H. The summed E-state index contributed by atoms with van der Waals surface area (Å²) in [6.07, 6.45) is 1.63. The van der Waals surface area contributed by atoms with E-state index >= 15 is 0 Å². The first-order valence-electron chi connectivity index (χ1n) is 1.63. The molecule has 1 rings (SSSR count). The van der Waals surface area contributed by atoms with Crippen LogP contribution in [-0.4, -0.2) is 16.1 Å². The fourth-order valence-electron chi connectivity index (χ4n) is 0.276. The summed E-state index contributed by atoms with van der Waals surface area (Å²) < 4.78 is 0. The molecule has 0 aromatic heterocycles. The maximum Gasteiger partial charge on any atom is 0.0941 e. The van der Waals surface area contributed by atoms with Gasteiger partial charge in [-0.3, -0.25) is 10.3 Å². The van der Waals surface area contributed by atoms with Gasteiger partial charge in [0.15, 0.2) is 0 Å². The average Bonchev–Trinajstić information content (AvgIpc) is 1.86. The predicted molar refractivity (Wildman–Crippen MR) is 35.5 cm³/mol. The maximum absolute atomic E-state index is 8.45. The SMILES string of the molecule is Br.ON1C=CSC1. The Morgan fingerprint density at radius 1 is 1.71 bits per heavy atom. The fourth-order valence-corrected chi connectivity index (χ4v) is 0.827. The van der Waals surface area contributed by atoms with Gasteiger partial charge in [0, 0.05) is 6.20 Å². The van der Waals surface area contributed by atoms with E-state index in [1.807, 2.05) is 5.41 Å². The lowest BCUT2D eigenvalue weighted by Crippen LogP contribution is -2.03. The molecule has 1 aliphatic rings. The first-order valence-corrected chi connectivity index (χ1v) is 2.68. The topological polar surface area (TPSA) is 23.5 Å². The third-order valence-corrected chi connectivity index (χ3v) is 1.26. The van der Waals surface area contributed by atoms with Crippen molar-refractivity contribution in [2.75, 3.05) is 5.88 Å². The van der Waals surface area contributed by atoms with Crippen LogP contribution >= 0.6 is 28.7 Å². The maximum atomic E-state index is 8.45. The summed E-state index contributed by atoms with van der Waals surface area (Å²) in [5.74, 6) is 0.681. The highest BCUT2D eigenvalue weighted by molar-refractivity contribution is 8.93. The van der Waals surface area contributed by atoms with E-state index in [1.54, 1.807) is 18.0 Å². The minimum absolute atomic E-state index is 0. The molecule has 0 aliphatic carbocycles. The number of hydrogen-bond acceptors (Lipinski definition) is 3. The Kier molecular flexibility index (Phi) is 3.50. The first-order chi connectivity index (χ1) is 2.89. The van der Waals surface area contributed by atoms with Gasteiger partial charge in [-0.2, -0.15) is 0 Å². The number of rotatable bonds is 0. The summed E-state index contributed by atoms with van der Waals surface area (Å²) in [5.41, 5.74) is 0. The molecule has 0 atom stereocenters. The molecule has 0 saturated carbocycles. The molecule has 1 N–H and O–H groups in total. The number of hydrogen-bond donors (Lipinski definition) is 1. The smallest absolute Gasteiger partial charge is 0.0941 e. The number of hydroxylamine groups is 2. The zero-order valence-corrected chi connectivity index (χ0v) is 6.10. The molecule has 0 spiro atoms. The van der Waals surface area contributed by atoms with Crippen LogP contribution in [0.25, 0.3) is 0 Å². The van der Waals surface area contributed by atoms with E-state index < -0.39 is 0 Å². The van der Waals surface area contributed by atoms with Gasteiger partial charge in [0.1, 0.15) is 0 Å². The second kappa shape index (κ2) is 3.35. The van der Waals surface area contributed by atoms with Gasteiger partial charge in [-0.05, 0) is 5.41 Å². The molecule has 0 saturated heterocycles. The van der Waals surface area contributed by atoms with Crippen molar-refractivity contribution in [3.05, 3.63) is 11.6 Å². The van der Waals surface area contributed by atoms with Crippen molar-refractivity contribution >= 4 is 28.7 Å². The summed E-state index contributed by atoms with van der Waals surface area (Å²) >= 11 is 1.58. The van der Waals surface area contributed by atoms with E-state index in [0.717, 1.165) is 5.06 Å². The van der Waals surface area contributed by atoms with E-state index in [2.05, 4.69) is 0 Å². The van der Waals surface area contributed by atoms with Crippen molar-refractivity contribution < 1.29 is 5.21 Å². The molecular formula is C3H6BrNOS. The molecule has 0 radical (unpaired) electrons. The van der Waals surface area contributed by atoms with Gasteiger partial charge >= 0.3 is 0 Å². The molecule has 0 aromatic rings. The first kappa shape index (κ1) is 7.33. The van der Waals surface area contributed by atoms with E-state index in [1.165, 1.54) is 0 Å². The molecule has 42 valence electrons. The lowest BCUT2D eigenvalue weighted by Gasteiger charge is -1.98. The molecule has 2 nitrogen and oxygen atoms in total. The van der Waals surface area contributed by atoms with Gasteiger partial charge in [0.2, 0.25) is 0 Å². The lowest BCUT2D eigenvalue weighted by molar-refractivity contribution is -0.0173. The van der Waals surface area contributed by atoms with E-state index in [9.17, 15) is 0 Å². The highest BCUT2D eigenvalue weighted by Crippen LogP contribution is 2.11. The second-order valence-corrected chi connectivity index (χ2v) is 1.88. The Morgan fingerprint density at radius 3 is 2.57 bits per heavy atom. The minimum atomic E-state index is 0. The Morgan fingerprint density at radius 2 is 2.43 bits per heavy atom. The number of nitrogens with zero attached hydrogens (tertiary/aromatic N) is 1. The van der Waals surface area contributed by atoms with Crippen LogP contribution in [0.3, 0.4) is 0 Å². The van der Waals surface area contributed by atoms with Crippen molar-refractivity contribution in [1.29, 1.82) is 0 Å². The van der Waals surface area contributed by atoms with Gasteiger partial charge in [0.25, 0.3) is 0 Å². The van der Waals surface area contributed by atoms with Crippen LogP contribution in [0.4, 0.5) is 0 Å². The molecule has 0 aromatic carbocycles. The third kappa shape index (κ3) is 2.21. The van der Waals surface area contributed by atoms with Crippen LogP contribution < -0.4 is 0 Å². The largest absolute Gasteiger partial charge is 0.288 e. The molecule has 0 fully saturated rings. The van der Waals surface area contributed by atoms with E-state index in [-0.39, 0.29) is 17.0 Å². The fraction of sp³-hybridized carbons (Fsp3) is 0.333. The zero-order chi connectivity index (χ0) is 4.41. The highest BCUT2D eigenvalue weighted by Gasteiger charge is 1.95. The summed E-state index contributed by atoms with van der Waals surface area (Å²) in [6, 6.07) is 0. The van der Waals surface area contributed by atoms with Gasteiger partial charge in [-0.1, -0.05) is 0 Å². The molecule has 7 heavy (non-hydrogen) atoms. The molecule has 1 heterocycles. The van der Waals surface area contributed by atoms with Gasteiger partial charge in [0.05, 0.1) is 5.88 Å². The van der Waals surface area contributed by atoms with Gasteiger partial charge in [-0.25, -0.2) is 0 Å². The van der Waals surface area contributed by atoms with Crippen molar-refractivity contribution in [2.24, 2.45) is 0 Å². The summed E-state index contributed by atoms with van der Waals surface area (Å²) in [4.78, 5) is 0. The van der Waals surface area contributed by atoms with Crippen LogP contribution in [0, 0.1) is 0 Å². The third-order valence-electron chi connectivity index (χ3n) is 0.536. The normalized spacial score (nSPS) is 17.0. The molecular weight excluding hydrogens is 178 g/mol. The van der Waals surface area contributed by atoms with E-state index in [0.29, 0.717) is 5.88 Å². The minimum Gasteiger partial charge on any atom is -0.288 e. The van der Waals surface area contributed by atoms with Crippen molar-refractivity contribution in [3.8, 4) is 0 Å². The van der Waals surface area contributed by atoms with Crippen LogP contribution in [0.15, 0.2) is 11.6 Å². The average molecular weight is 184 g/mol. The van der Waals surface area contributed by atoms with Crippen LogP contribution in [0.5, 0.6) is 0 Å². The van der Waals surface area contributed by atoms with Crippen molar-refractivity contribution in [2.45, 2.75) is 0 Å². The zero-order valence-electron chi connectivity index (χ0n) is 3.57. The predicted octanol–water partition coefficient (Wildman–Crippen LogP) is 1.43. The number of thioether (sulfide) groups is 1. The number of halogens is 1. The summed E-state index contributed by atoms with van der Waals surface area (Å²) in [7, 11) is 0. The van der Waals surface area contributed by atoms with Crippen LogP contribution in [0.2, 0.25) is 0 Å². The van der Waals surface area contributed by atoms with Crippen LogP contribution in [0.1, 0.15) is 0 Å². The van der Waals surface area contributed by atoms with Gasteiger partial charge in [-0.15, -0.1) is 28.7 Å². The monoisotopic (exact) mass is 183 g/mol. The molecule has 1 aliphatic heterocycles. The summed E-state index contributed by atoms with van der Waals surface area (Å²) in [6.45, 7) is 0. The van der Waals surface area contributed by atoms with Gasteiger partial charge < -0.3 is 0 Å². The van der Waals surface area contributed by atoms with Crippen LogP contribution in [-0.2, 0) is 0 Å². The van der Waals surface area contributed by atoms with E-state index in [4.69, 9.17) is 5.21 Å². The Labute approximate surface area is 56.9 Å². The Balaban J connectivity index is 0.000000360. The lowest BCUT2D eigenvalue weighted by atomic mass is 11.0. The van der Waals surface area contributed by atoms with Crippen molar-refractivity contribution in [1.82, 2.24) is 5.06 Å². The van der Waals surface area contributed by atoms with Crippen molar-refractivity contribution in [3.63, 3.8) is 0 Å². The highest BCUT2D eigenvalue weighted by atomic mass is 79.9. The molecule has 0 unspecified atom stereocenters. The molecule has 4 heteroatoms. The molecule has 0 amide bonds. The summed E-state index contributed by atoms with van der Waals surface area (Å²) in [5, 5.41) is 11.4.